The van der Waals surface area contributed by atoms with Gasteiger partial charge in [0.25, 0.3) is 0 Å². The molecule has 2 heteroatoms. The van der Waals surface area contributed by atoms with Crippen molar-refractivity contribution in [1.29, 1.82) is 0 Å². The highest BCUT2D eigenvalue weighted by atomic mass is 35.5. The van der Waals surface area contributed by atoms with E-state index in [1.54, 1.807) is 0 Å². The van der Waals surface area contributed by atoms with E-state index >= 15 is 0 Å². The van der Waals surface area contributed by atoms with Gasteiger partial charge in [-0.25, -0.2) is 0 Å². The van der Waals surface area contributed by atoms with E-state index in [1.807, 2.05) is 30.3 Å². The van der Waals surface area contributed by atoms with Gasteiger partial charge in [0, 0.05) is 10.8 Å². The SMILES string of the molecule is SCC=Cc1ccc(-c2ccc(Cl)cc2)cc1. The third-order valence-corrected chi connectivity index (χ3v) is 2.97. The fourth-order valence-electron chi connectivity index (χ4n) is 1.62. The van der Waals surface area contributed by atoms with Gasteiger partial charge in [-0.3, -0.25) is 0 Å². The maximum atomic E-state index is 5.87. The quantitative estimate of drug-likeness (QED) is 0.742. The van der Waals surface area contributed by atoms with Gasteiger partial charge < -0.3 is 0 Å². The smallest absolute Gasteiger partial charge is 0.0406 e. The van der Waals surface area contributed by atoms with Crippen LogP contribution in [0.5, 0.6) is 0 Å². The third-order valence-electron chi connectivity index (χ3n) is 2.50. The summed E-state index contributed by atoms with van der Waals surface area (Å²) < 4.78 is 0. The van der Waals surface area contributed by atoms with Crippen LogP contribution >= 0.6 is 24.2 Å². The molecule has 2 rings (SSSR count). The van der Waals surface area contributed by atoms with Crippen LogP contribution in [0.3, 0.4) is 0 Å². The Hall–Kier alpha value is -1.18. The monoisotopic (exact) mass is 260 g/mol. The minimum Gasteiger partial charge on any atom is -0.175 e. The number of hydrogen-bond donors (Lipinski definition) is 1. The number of benzene rings is 2. The molecule has 17 heavy (non-hydrogen) atoms. The zero-order valence-corrected chi connectivity index (χ0v) is 11.0. The van der Waals surface area contributed by atoms with Gasteiger partial charge in [-0.1, -0.05) is 60.2 Å². The Kier molecular flexibility index (Phi) is 4.29. The molecule has 0 spiro atoms. The van der Waals surface area contributed by atoms with Gasteiger partial charge in [-0.15, -0.1) is 0 Å². The molecule has 0 atom stereocenters. The molecule has 0 aromatic heterocycles. The Labute approximate surface area is 112 Å². The molecule has 0 saturated heterocycles. The van der Waals surface area contributed by atoms with E-state index in [0.717, 1.165) is 10.8 Å². The van der Waals surface area contributed by atoms with Gasteiger partial charge in [0.05, 0.1) is 0 Å². The molecule has 2 aromatic carbocycles. The van der Waals surface area contributed by atoms with Crippen molar-refractivity contribution < 1.29 is 0 Å². The van der Waals surface area contributed by atoms with Crippen LogP contribution in [0.4, 0.5) is 0 Å². The highest BCUT2D eigenvalue weighted by Crippen LogP contribution is 2.22. The van der Waals surface area contributed by atoms with Crippen molar-refractivity contribution >= 4 is 30.3 Å². The van der Waals surface area contributed by atoms with E-state index in [1.165, 1.54) is 16.7 Å². The summed E-state index contributed by atoms with van der Waals surface area (Å²) in [6, 6.07) is 16.3. The number of halogens is 1. The Morgan fingerprint density at radius 3 is 1.94 bits per heavy atom. The van der Waals surface area contributed by atoms with Gasteiger partial charge in [0.2, 0.25) is 0 Å². The Morgan fingerprint density at radius 1 is 0.882 bits per heavy atom. The molecule has 0 aliphatic heterocycles. The van der Waals surface area contributed by atoms with E-state index in [0.29, 0.717) is 0 Å². The van der Waals surface area contributed by atoms with Crippen LogP contribution in [-0.4, -0.2) is 5.75 Å². The van der Waals surface area contributed by atoms with Gasteiger partial charge in [-0.2, -0.15) is 12.6 Å². The molecule has 0 aliphatic rings. The summed E-state index contributed by atoms with van der Waals surface area (Å²) in [5.41, 5.74) is 3.57. The molecular weight excluding hydrogens is 248 g/mol. The van der Waals surface area contributed by atoms with Crippen LogP contribution in [0, 0.1) is 0 Å². The highest BCUT2D eigenvalue weighted by Gasteiger charge is 1.96. The van der Waals surface area contributed by atoms with Crippen LogP contribution in [0.25, 0.3) is 17.2 Å². The lowest BCUT2D eigenvalue weighted by Crippen LogP contribution is -1.78. The number of thiol groups is 1. The Balaban J connectivity index is 2.23. The third kappa shape index (κ3) is 3.39. The van der Waals surface area contributed by atoms with E-state index in [2.05, 4.69) is 43.0 Å². The first-order valence-corrected chi connectivity index (χ1v) is 6.44. The van der Waals surface area contributed by atoms with Crippen LogP contribution in [0.1, 0.15) is 5.56 Å². The largest absolute Gasteiger partial charge is 0.175 e. The maximum Gasteiger partial charge on any atom is 0.0406 e. The molecule has 0 bridgehead atoms. The van der Waals surface area contributed by atoms with Crippen molar-refractivity contribution in [3.8, 4) is 11.1 Å². The topological polar surface area (TPSA) is 0 Å². The summed E-state index contributed by atoms with van der Waals surface area (Å²) in [5.74, 6) is 0.763. The fourth-order valence-corrected chi connectivity index (χ4v) is 1.85. The lowest BCUT2D eigenvalue weighted by atomic mass is 10.0. The van der Waals surface area contributed by atoms with E-state index in [4.69, 9.17) is 11.6 Å². The van der Waals surface area contributed by atoms with Crippen LogP contribution in [0.2, 0.25) is 5.02 Å². The van der Waals surface area contributed by atoms with E-state index < -0.39 is 0 Å². The second kappa shape index (κ2) is 5.95. The first-order chi connectivity index (χ1) is 8.29. The van der Waals surface area contributed by atoms with Crippen LogP contribution < -0.4 is 0 Å². The van der Waals surface area contributed by atoms with Crippen molar-refractivity contribution in [2.24, 2.45) is 0 Å². The normalized spacial score (nSPS) is 10.9. The average molecular weight is 261 g/mol. The molecule has 86 valence electrons. The molecule has 0 amide bonds. The van der Waals surface area contributed by atoms with Crippen LogP contribution in [-0.2, 0) is 0 Å². The number of hydrogen-bond acceptors (Lipinski definition) is 1. The summed E-state index contributed by atoms with van der Waals surface area (Å²) in [6.07, 6.45) is 4.10. The predicted molar refractivity (Wildman–Crippen MR) is 79.8 cm³/mol. The standard InChI is InChI=1S/C15H13ClS/c16-15-9-7-14(8-10-15)13-5-3-12(4-6-13)2-1-11-17/h1-10,17H,11H2. The molecular formula is C15H13ClS. The minimum absolute atomic E-state index is 0.763. The van der Waals surface area contributed by atoms with Gasteiger partial charge in [0.1, 0.15) is 0 Å². The number of rotatable bonds is 3. The Bertz CT molecular complexity index is 497. The molecule has 2 aromatic rings. The highest BCUT2D eigenvalue weighted by molar-refractivity contribution is 7.80. The first-order valence-electron chi connectivity index (χ1n) is 5.43. The Morgan fingerprint density at radius 2 is 1.41 bits per heavy atom. The van der Waals surface area contributed by atoms with Crippen molar-refractivity contribution in [3.05, 3.63) is 65.2 Å². The first kappa shape index (κ1) is 12.3. The van der Waals surface area contributed by atoms with Crippen molar-refractivity contribution in [1.82, 2.24) is 0 Å². The van der Waals surface area contributed by atoms with Crippen molar-refractivity contribution in [2.75, 3.05) is 5.75 Å². The summed E-state index contributed by atoms with van der Waals surface area (Å²) in [5, 5.41) is 0.766. The molecule has 0 aliphatic carbocycles. The minimum atomic E-state index is 0.763. The van der Waals surface area contributed by atoms with Crippen molar-refractivity contribution in [3.63, 3.8) is 0 Å². The van der Waals surface area contributed by atoms with Crippen molar-refractivity contribution in [2.45, 2.75) is 0 Å². The predicted octanol–water partition coefficient (Wildman–Crippen LogP) is 4.95. The van der Waals surface area contributed by atoms with Gasteiger partial charge in [0.15, 0.2) is 0 Å². The van der Waals surface area contributed by atoms with Gasteiger partial charge in [-0.05, 0) is 28.8 Å². The summed E-state index contributed by atoms with van der Waals surface area (Å²) in [4.78, 5) is 0. The maximum absolute atomic E-state index is 5.87. The fraction of sp³-hybridized carbons (Fsp3) is 0.0667. The summed E-state index contributed by atoms with van der Waals surface area (Å²) in [7, 11) is 0. The molecule has 0 N–H and O–H groups in total. The van der Waals surface area contributed by atoms with Crippen LogP contribution in [0.15, 0.2) is 54.6 Å². The molecule has 0 saturated carbocycles. The zero-order valence-electron chi connectivity index (χ0n) is 9.31. The molecule has 0 radical (unpaired) electrons. The van der Waals surface area contributed by atoms with Gasteiger partial charge >= 0.3 is 0 Å². The lowest BCUT2D eigenvalue weighted by molar-refractivity contribution is 1.59. The second-order valence-electron chi connectivity index (χ2n) is 3.71. The second-order valence-corrected chi connectivity index (χ2v) is 4.52. The summed E-state index contributed by atoms with van der Waals surface area (Å²) in [6.45, 7) is 0. The average Bonchev–Trinajstić information content (AvgIpc) is 2.38. The van der Waals surface area contributed by atoms with E-state index in [-0.39, 0.29) is 0 Å². The molecule has 0 fully saturated rings. The lowest BCUT2D eigenvalue weighted by Gasteiger charge is -2.02. The molecule has 0 heterocycles. The molecule has 0 nitrogen and oxygen atoms in total. The molecule has 0 unspecified atom stereocenters. The zero-order chi connectivity index (χ0) is 12.1. The van der Waals surface area contributed by atoms with E-state index in [9.17, 15) is 0 Å². The summed E-state index contributed by atoms with van der Waals surface area (Å²) >= 11 is 10.0.